The first-order valence-corrected chi connectivity index (χ1v) is 6.20. The fourth-order valence-corrected chi connectivity index (χ4v) is 2.41. The number of hydrogen-bond donors (Lipinski definition) is 1. The van der Waals surface area contributed by atoms with Crippen molar-refractivity contribution in [2.24, 2.45) is 5.92 Å². The molecule has 0 spiro atoms. The highest BCUT2D eigenvalue weighted by Crippen LogP contribution is 2.17. The molecule has 1 aliphatic rings. The fraction of sp³-hybridized carbons (Fsp3) is 0.571. The Morgan fingerprint density at radius 2 is 2.00 bits per heavy atom. The van der Waals surface area contributed by atoms with Crippen LogP contribution in [-0.2, 0) is 6.42 Å². The Bertz CT molecular complexity index is 267. The summed E-state index contributed by atoms with van der Waals surface area (Å²) >= 11 is 0. The van der Waals surface area contributed by atoms with Crippen molar-refractivity contribution < 1.29 is 0 Å². The minimum absolute atomic E-state index is 0. The van der Waals surface area contributed by atoms with Crippen LogP contribution in [0.4, 0.5) is 0 Å². The van der Waals surface area contributed by atoms with Crippen LogP contribution in [0.5, 0.6) is 0 Å². The first-order chi connectivity index (χ1) is 7.45. The Kier molecular flexibility index (Phi) is 6.51. The highest BCUT2D eigenvalue weighted by atomic mass is 35.5. The summed E-state index contributed by atoms with van der Waals surface area (Å²) in [6, 6.07) is 10.8. The summed E-state index contributed by atoms with van der Waals surface area (Å²) in [5, 5.41) is 3.48. The smallest absolute Gasteiger partial charge is 0.00205 e. The van der Waals surface area contributed by atoms with Crippen molar-refractivity contribution in [2.45, 2.75) is 32.1 Å². The number of benzene rings is 1. The van der Waals surface area contributed by atoms with Gasteiger partial charge in [0.2, 0.25) is 0 Å². The van der Waals surface area contributed by atoms with E-state index in [1.54, 1.807) is 0 Å². The third kappa shape index (κ3) is 4.54. The Labute approximate surface area is 105 Å². The summed E-state index contributed by atoms with van der Waals surface area (Å²) in [5.74, 6) is 0.933. The van der Waals surface area contributed by atoms with Gasteiger partial charge in [0.05, 0.1) is 0 Å². The van der Waals surface area contributed by atoms with Crippen LogP contribution in [0.25, 0.3) is 0 Å². The average Bonchev–Trinajstić information content (AvgIpc) is 2.32. The van der Waals surface area contributed by atoms with Gasteiger partial charge in [0.1, 0.15) is 0 Å². The standard InChI is InChI=1S/C14H21N.ClH/c1-2-6-13(7-3-1)8-4-9-14-10-5-11-15-12-14;/h1-3,6-7,14-15H,4-5,8-12H2;1H. The van der Waals surface area contributed by atoms with Gasteiger partial charge in [-0.1, -0.05) is 30.3 Å². The largest absolute Gasteiger partial charge is 0.316 e. The summed E-state index contributed by atoms with van der Waals surface area (Å²) in [6.45, 7) is 2.48. The molecule has 1 saturated heterocycles. The lowest BCUT2D eigenvalue weighted by atomic mass is 9.93. The SMILES string of the molecule is Cl.c1ccc(CCCC2CCCNC2)cc1. The molecule has 1 aromatic carbocycles. The molecule has 1 fully saturated rings. The number of rotatable bonds is 4. The van der Waals surface area contributed by atoms with Crippen LogP contribution in [0.15, 0.2) is 30.3 Å². The van der Waals surface area contributed by atoms with E-state index in [2.05, 4.69) is 35.6 Å². The van der Waals surface area contributed by atoms with Crippen LogP contribution in [0.2, 0.25) is 0 Å². The Morgan fingerprint density at radius 3 is 2.69 bits per heavy atom. The van der Waals surface area contributed by atoms with E-state index in [1.165, 1.54) is 50.8 Å². The molecule has 0 radical (unpaired) electrons. The Morgan fingerprint density at radius 1 is 1.19 bits per heavy atom. The lowest BCUT2D eigenvalue weighted by Crippen LogP contribution is -2.29. The molecule has 1 heterocycles. The quantitative estimate of drug-likeness (QED) is 0.849. The zero-order chi connectivity index (χ0) is 10.3. The predicted molar refractivity (Wildman–Crippen MR) is 72.2 cm³/mol. The van der Waals surface area contributed by atoms with Crippen LogP contribution in [0.1, 0.15) is 31.2 Å². The van der Waals surface area contributed by atoms with Crippen LogP contribution in [-0.4, -0.2) is 13.1 Å². The number of hydrogen-bond acceptors (Lipinski definition) is 1. The van der Waals surface area contributed by atoms with Gasteiger partial charge in [0.25, 0.3) is 0 Å². The molecule has 0 bridgehead atoms. The van der Waals surface area contributed by atoms with Gasteiger partial charge >= 0.3 is 0 Å². The lowest BCUT2D eigenvalue weighted by Gasteiger charge is -2.22. The van der Waals surface area contributed by atoms with Crippen molar-refractivity contribution in [3.05, 3.63) is 35.9 Å². The van der Waals surface area contributed by atoms with Crippen LogP contribution < -0.4 is 5.32 Å². The molecule has 1 aromatic rings. The molecular weight excluding hydrogens is 218 g/mol. The fourth-order valence-electron chi connectivity index (χ4n) is 2.41. The summed E-state index contributed by atoms with van der Waals surface area (Å²) in [4.78, 5) is 0. The maximum Gasteiger partial charge on any atom is -0.00205 e. The first kappa shape index (κ1) is 13.5. The predicted octanol–water partition coefficient (Wildman–Crippen LogP) is 3.43. The van der Waals surface area contributed by atoms with Crippen LogP contribution >= 0.6 is 12.4 Å². The molecule has 0 aliphatic carbocycles. The van der Waals surface area contributed by atoms with Crippen LogP contribution in [0, 0.1) is 5.92 Å². The Balaban J connectivity index is 0.00000128. The van der Waals surface area contributed by atoms with Gasteiger partial charge in [0.15, 0.2) is 0 Å². The van der Waals surface area contributed by atoms with E-state index in [-0.39, 0.29) is 12.4 Å². The third-order valence-electron chi connectivity index (χ3n) is 3.32. The van der Waals surface area contributed by atoms with Gasteiger partial charge in [-0.3, -0.25) is 0 Å². The van der Waals surface area contributed by atoms with E-state index in [1.807, 2.05) is 0 Å². The molecule has 1 aliphatic heterocycles. The van der Waals surface area contributed by atoms with Gasteiger partial charge in [-0.05, 0) is 56.7 Å². The van der Waals surface area contributed by atoms with Crippen molar-refractivity contribution in [2.75, 3.05) is 13.1 Å². The number of piperidine rings is 1. The average molecular weight is 240 g/mol. The highest BCUT2D eigenvalue weighted by Gasteiger charge is 2.11. The van der Waals surface area contributed by atoms with Gasteiger partial charge in [-0.25, -0.2) is 0 Å². The van der Waals surface area contributed by atoms with E-state index in [9.17, 15) is 0 Å². The summed E-state index contributed by atoms with van der Waals surface area (Å²) in [5.41, 5.74) is 1.49. The topological polar surface area (TPSA) is 12.0 Å². The maximum atomic E-state index is 3.48. The summed E-state index contributed by atoms with van der Waals surface area (Å²) in [7, 11) is 0. The minimum atomic E-state index is 0. The summed E-state index contributed by atoms with van der Waals surface area (Å²) in [6.07, 6.45) is 6.79. The zero-order valence-corrected chi connectivity index (χ0v) is 10.6. The van der Waals surface area contributed by atoms with Gasteiger partial charge in [0, 0.05) is 0 Å². The molecule has 2 rings (SSSR count). The molecule has 1 nitrogen and oxygen atoms in total. The number of aryl methyl sites for hydroxylation is 1. The van der Waals surface area contributed by atoms with E-state index in [0.717, 1.165) is 5.92 Å². The maximum absolute atomic E-state index is 3.48. The van der Waals surface area contributed by atoms with E-state index < -0.39 is 0 Å². The van der Waals surface area contributed by atoms with Crippen molar-refractivity contribution in [3.8, 4) is 0 Å². The van der Waals surface area contributed by atoms with Crippen molar-refractivity contribution >= 4 is 12.4 Å². The molecule has 1 atom stereocenters. The summed E-state index contributed by atoms with van der Waals surface area (Å²) < 4.78 is 0. The highest BCUT2D eigenvalue weighted by molar-refractivity contribution is 5.85. The molecule has 1 N–H and O–H groups in total. The normalized spacial score (nSPS) is 20.1. The van der Waals surface area contributed by atoms with E-state index in [0.29, 0.717) is 0 Å². The second-order valence-electron chi connectivity index (χ2n) is 4.59. The molecule has 90 valence electrons. The minimum Gasteiger partial charge on any atom is -0.316 e. The third-order valence-corrected chi connectivity index (χ3v) is 3.32. The second kappa shape index (κ2) is 7.70. The van der Waals surface area contributed by atoms with Gasteiger partial charge in [-0.2, -0.15) is 0 Å². The Hall–Kier alpha value is -0.530. The van der Waals surface area contributed by atoms with Gasteiger partial charge < -0.3 is 5.32 Å². The van der Waals surface area contributed by atoms with Crippen molar-refractivity contribution in [1.29, 1.82) is 0 Å². The van der Waals surface area contributed by atoms with Gasteiger partial charge in [-0.15, -0.1) is 12.4 Å². The molecular formula is C14H22ClN. The van der Waals surface area contributed by atoms with Crippen molar-refractivity contribution in [3.63, 3.8) is 0 Å². The van der Waals surface area contributed by atoms with E-state index in [4.69, 9.17) is 0 Å². The monoisotopic (exact) mass is 239 g/mol. The molecule has 2 heteroatoms. The van der Waals surface area contributed by atoms with E-state index >= 15 is 0 Å². The van der Waals surface area contributed by atoms with Crippen LogP contribution in [0.3, 0.4) is 0 Å². The first-order valence-electron chi connectivity index (χ1n) is 6.20. The molecule has 1 unspecified atom stereocenters. The lowest BCUT2D eigenvalue weighted by molar-refractivity contribution is 0.351. The molecule has 16 heavy (non-hydrogen) atoms. The zero-order valence-electron chi connectivity index (χ0n) is 9.82. The molecule has 0 aromatic heterocycles. The molecule has 0 saturated carbocycles. The number of halogens is 1. The molecule has 0 amide bonds. The van der Waals surface area contributed by atoms with Crippen molar-refractivity contribution in [1.82, 2.24) is 5.32 Å². The second-order valence-corrected chi connectivity index (χ2v) is 4.59. The number of nitrogens with one attached hydrogen (secondary N) is 1.